The first-order valence-corrected chi connectivity index (χ1v) is 10.8. The van der Waals surface area contributed by atoms with E-state index < -0.39 is 5.54 Å². The predicted octanol–water partition coefficient (Wildman–Crippen LogP) is 2.76. The number of hydrogen-bond donors (Lipinski definition) is 1. The fourth-order valence-corrected chi connectivity index (χ4v) is 4.60. The van der Waals surface area contributed by atoms with Crippen molar-refractivity contribution in [3.05, 3.63) is 58.7 Å². The summed E-state index contributed by atoms with van der Waals surface area (Å²) < 4.78 is 10.7. The fraction of sp³-hybridized carbons (Fsp3) is 0.375. The molecule has 0 unspecified atom stereocenters. The molecule has 0 radical (unpaired) electrons. The lowest BCUT2D eigenvalue weighted by molar-refractivity contribution is -0.133. The molecule has 0 atom stereocenters. The van der Waals surface area contributed by atoms with Gasteiger partial charge in [0.2, 0.25) is 6.79 Å². The fourth-order valence-electron chi connectivity index (χ4n) is 4.60. The molecule has 1 spiro atoms. The molecule has 0 aromatic heterocycles. The second-order valence-electron chi connectivity index (χ2n) is 8.69. The Morgan fingerprint density at radius 2 is 1.78 bits per heavy atom. The molecule has 2 saturated heterocycles. The molecule has 2 aromatic rings. The highest BCUT2D eigenvalue weighted by Crippen LogP contribution is 2.34. The van der Waals surface area contributed by atoms with Crippen molar-refractivity contribution in [1.82, 2.24) is 15.1 Å². The van der Waals surface area contributed by atoms with Crippen molar-refractivity contribution < 1.29 is 23.9 Å². The number of hydrogen-bond acceptors (Lipinski definition) is 5. The zero-order valence-corrected chi connectivity index (χ0v) is 18.1. The van der Waals surface area contributed by atoms with E-state index in [1.165, 1.54) is 4.90 Å². The van der Waals surface area contributed by atoms with Gasteiger partial charge in [-0.1, -0.05) is 23.8 Å². The summed E-state index contributed by atoms with van der Waals surface area (Å²) in [5.74, 6) is 0.854. The predicted molar refractivity (Wildman–Crippen MR) is 115 cm³/mol. The molecule has 8 nitrogen and oxygen atoms in total. The minimum Gasteiger partial charge on any atom is -0.454 e. The van der Waals surface area contributed by atoms with Crippen LogP contribution < -0.4 is 14.8 Å². The molecule has 4 amide bonds. The van der Waals surface area contributed by atoms with Crippen LogP contribution in [0, 0.1) is 13.8 Å². The Kier molecular flexibility index (Phi) is 4.80. The third-order valence-corrected chi connectivity index (χ3v) is 6.60. The standard InChI is InChI=1S/C24H25N3O5/c1-15-3-4-16(2)18(11-15)13-27-22(29)24(25-23(27)30)7-9-26(10-8-24)21(28)17-5-6-19-20(12-17)32-14-31-19/h3-6,11-12H,7-10,13-14H2,1-2H3,(H,25,30). The number of amides is 4. The van der Waals surface area contributed by atoms with Crippen molar-refractivity contribution in [3.63, 3.8) is 0 Å². The molecule has 0 bridgehead atoms. The number of carbonyl (C=O) groups excluding carboxylic acids is 3. The number of ether oxygens (including phenoxy) is 2. The highest BCUT2D eigenvalue weighted by atomic mass is 16.7. The molecule has 32 heavy (non-hydrogen) atoms. The number of rotatable bonds is 3. The van der Waals surface area contributed by atoms with Gasteiger partial charge >= 0.3 is 6.03 Å². The molecule has 0 aliphatic carbocycles. The third-order valence-electron chi connectivity index (χ3n) is 6.60. The zero-order chi connectivity index (χ0) is 22.5. The van der Waals surface area contributed by atoms with Gasteiger partial charge in [0.25, 0.3) is 11.8 Å². The number of carbonyl (C=O) groups is 3. The molecular weight excluding hydrogens is 410 g/mol. The summed E-state index contributed by atoms with van der Waals surface area (Å²) in [5, 5.41) is 2.92. The van der Waals surface area contributed by atoms with Gasteiger partial charge in [-0.2, -0.15) is 0 Å². The number of urea groups is 1. The molecule has 3 heterocycles. The van der Waals surface area contributed by atoms with Gasteiger partial charge in [-0.15, -0.1) is 0 Å². The molecule has 0 saturated carbocycles. The number of nitrogens with zero attached hydrogens (tertiary/aromatic N) is 2. The summed E-state index contributed by atoms with van der Waals surface area (Å²) in [4.78, 5) is 42.0. The van der Waals surface area contributed by atoms with E-state index in [2.05, 4.69) is 5.32 Å². The molecule has 1 N–H and O–H groups in total. The van der Waals surface area contributed by atoms with Crippen LogP contribution in [-0.2, 0) is 11.3 Å². The zero-order valence-electron chi connectivity index (χ0n) is 18.1. The first kappa shape index (κ1) is 20.4. The second-order valence-corrected chi connectivity index (χ2v) is 8.69. The van der Waals surface area contributed by atoms with Crippen LogP contribution in [0.3, 0.4) is 0 Å². The summed E-state index contributed by atoms with van der Waals surface area (Å²) >= 11 is 0. The van der Waals surface area contributed by atoms with Crippen LogP contribution in [0.2, 0.25) is 0 Å². The SMILES string of the molecule is Cc1ccc(C)c(CN2C(=O)NC3(CCN(C(=O)c4ccc5c(c4)OCO5)CC3)C2=O)c1. The molecule has 2 fully saturated rings. The van der Waals surface area contributed by atoms with Gasteiger partial charge in [-0.3, -0.25) is 14.5 Å². The Morgan fingerprint density at radius 1 is 1.03 bits per heavy atom. The van der Waals surface area contributed by atoms with Gasteiger partial charge in [0.05, 0.1) is 6.54 Å². The maximum atomic E-state index is 13.3. The first-order valence-electron chi connectivity index (χ1n) is 10.8. The third kappa shape index (κ3) is 3.36. The van der Waals surface area contributed by atoms with Crippen LogP contribution in [0.4, 0.5) is 4.79 Å². The summed E-state index contributed by atoms with van der Waals surface area (Å²) in [6, 6.07) is 10.8. The van der Waals surface area contributed by atoms with Crippen molar-refractivity contribution >= 4 is 17.8 Å². The van der Waals surface area contributed by atoms with Gasteiger partial charge in [0.15, 0.2) is 11.5 Å². The Hall–Kier alpha value is -3.55. The number of aryl methyl sites for hydroxylation is 2. The quantitative estimate of drug-likeness (QED) is 0.749. The van der Waals surface area contributed by atoms with Crippen LogP contribution in [0.1, 0.15) is 39.9 Å². The van der Waals surface area contributed by atoms with Crippen molar-refractivity contribution in [3.8, 4) is 11.5 Å². The number of piperidine rings is 1. The van der Waals surface area contributed by atoms with E-state index in [9.17, 15) is 14.4 Å². The topological polar surface area (TPSA) is 88.2 Å². The Bertz CT molecular complexity index is 1120. The molecule has 3 aliphatic heterocycles. The summed E-state index contributed by atoms with van der Waals surface area (Å²) in [6.07, 6.45) is 0.772. The molecule has 166 valence electrons. The van der Waals surface area contributed by atoms with E-state index in [0.717, 1.165) is 16.7 Å². The molecule has 8 heteroatoms. The van der Waals surface area contributed by atoms with Gasteiger partial charge in [-0.25, -0.2) is 4.79 Å². The van der Waals surface area contributed by atoms with E-state index in [-0.39, 0.29) is 31.2 Å². The average Bonchev–Trinajstić information content (AvgIpc) is 3.34. The Balaban J connectivity index is 1.27. The van der Waals surface area contributed by atoms with Gasteiger partial charge < -0.3 is 19.7 Å². The van der Waals surface area contributed by atoms with Crippen LogP contribution in [-0.4, -0.2) is 53.1 Å². The van der Waals surface area contributed by atoms with E-state index >= 15 is 0 Å². The highest BCUT2D eigenvalue weighted by molar-refractivity contribution is 6.07. The van der Waals surface area contributed by atoms with Crippen molar-refractivity contribution in [2.75, 3.05) is 19.9 Å². The maximum absolute atomic E-state index is 13.3. The van der Waals surface area contributed by atoms with Gasteiger partial charge in [-0.05, 0) is 56.0 Å². The average molecular weight is 435 g/mol. The van der Waals surface area contributed by atoms with Gasteiger partial charge in [0.1, 0.15) is 5.54 Å². The van der Waals surface area contributed by atoms with Gasteiger partial charge in [0, 0.05) is 18.7 Å². The smallest absolute Gasteiger partial charge is 0.325 e. The minimum atomic E-state index is -0.944. The maximum Gasteiger partial charge on any atom is 0.325 e. The molecular formula is C24H25N3O5. The lowest BCUT2D eigenvalue weighted by Gasteiger charge is -2.37. The van der Waals surface area contributed by atoms with Crippen LogP contribution in [0.25, 0.3) is 0 Å². The molecule has 5 rings (SSSR count). The monoisotopic (exact) mass is 435 g/mol. The lowest BCUT2D eigenvalue weighted by atomic mass is 9.87. The first-order chi connectivity index (χ1) is 15.4. The number of fused-ring (bicyclic) bond motifs is 1. The van der Waals surface area contributed by atoms with E-state index in [0.29, 0.717) is 43.0 Å². The Labute approximate surface area is 186 Å². The van der Waals surface area contributed by atoms with E-state index in [4.69, 9.17) is 9.47 Å². The van der Waals surface area contributed by atoms with Crippen molar-refractivity contribution in [2.24, 2.45) is 0 Å². The number of benzene rings is 2. The molecule has 2 aromatic carbocycles. The van der Waals surface area contributed by atoms with E-state index in [1.807, 2.05) is 32.0 Å². The molecule has 3 aliphatic rings. The van der Waals surface area contributed by atoms with Crippen LogP contribution in [0.15, 0.2) is 36.4 Å². The summed E-state index contributed by atoms with van der Waals surface area (Å²) in [7, 11) is 0. The summed E-state index contributed by atoms with van der Waals surface area (Å²) in [5.41, 5.74) is 2.66. The highest BCUT2D eigenvalue weighted by Gasteiger charge is 2.52. The largest absolute Gasteiger partial charge is 0.454 e. The second kappa shape index (κ2) is 7.55. The summed E-state index contributed by atoms with van der Waals surface area (Å²) in [6.45, 7) is 5.14. The lowest BCUT2D eigenvalue weighted by Crippen LogP contribution is -2.55. The number of nitrogens with one attached hydrogen (secondary N) is 1. The van der Waals surface area contributed by atoms with Crippen molar-refractivity contribution in [2.45, 2.75) is 38.8 Å². The Morgan fingerprint density at radius 3 is 2.56 bits per heavy atom. The number of likely N-dealkylation sites (tertiary alicyclic amines) is 1. The minimum absolute atomic E-state index is 0.123. The number of imide groups is 1. The van der Waals surface area contributed by atoms with Crippen LogP contribution in [0.5, 0.6) is 11.5 Å². The normalized spacial score (nSPS) is 18.9. The van der Waals surface area contributed by atoms with E-state index in [1.54, 1.807) is 23.1 Å². The van der Waals surface area contributed by atoms with Crippen LogP contribution >= 0.6 is 0 Å². The van der Waals surface area contributed by atoms with Crippen molar-refractivity contribution in [1.29, 1.82) is 0 Å².